The number of rotatable bonds is 4. The highest BCUT2D eigenvalue weighted by Crippen LogP contribution is 2.10. The number of imidazole rings is 1. The van der Waals surface area contributed by atoms with Gasteiger partial charge in [0.1, 0.15) is 0 Å². The second-order valence-corrected chi connectivity index (χ2v) is 4.04. The number of aromatic nitrogens is 2. The summed E-state index contributed by atoms with van der Waals surface area (Å²) in [5.41, 5.74) is 8.30. The first-order chi connectivity index (χ1) is 7.77. The number of hydrogen-bond donors (Lipinski definition) is 1. The molecule has 3 nitrogen and oxygen atoms in total. The maximum atomic E-state index is 5.87. The summed E-state index contributed by atoms with van der Waals surface area (Å²) in [4.78, 5) is 4.14. The van der Waals surface area contributed by atoms with Gasteiger partial charge >= 0.3 is 0 Å². The molecule has 2 rings (SSSR count). The highest BCUT2D eigenvalue weighted by molar-refractivity contribution is 5.15. The Hall–Kier alpha value is -1.61. The van der Waals surface area contributed by atoms with E-state index < -0.39 is 0 Å². The summed E-state index contributed by atoms with van der Waals surface area (Å²) in [6, 6.07) is 10.5. The smallest absolute Gasteiger partial charge is 0.0948 e. The van der Waals surface area contributed by atoms with Crippen LogP contribution in [-0.2, 0) is 13.0 Å². The van der Waals surface area contributed by atoms with Crippen molar-refractivity contribution in [3.8, 4) is 0 Å². The van der Waals surface area contributed by atoms with Gasteiger partial charge in [0, 0.05) is 18.8 Å². The Balaban J connectivity index is 2.02. The Labute approximate surface area is 95.9 Å². The monoisotopic (exact) mass is 215 g/mol. The van der Waals surface area contributed by atoms with Gasteiger partial charge in [-0.1, -0.05) is 30.3 Å². The van der Waals surface area contributed by atoms with Crippen molar-refractivity contribution in [2.75, 3.05) is 0 Å². The molecule has 0 aliphatic carbocycles. The van der Waals surface area contributed by atoms with E-state index in [0.717, 1.165) is 18.7 Å². The normalized spacial score (nSPS) is 12.6. The first kappa shape index (κ1) is 10.9. The SMILES string of the molecule is C[C@@H](N)c1cncn1CCc1ccccc1. The zero-order valence-corrected chi connectivity index (χ0v) is 9.50. The maximum Gasteiger partial charge on any atom is 0.0948 e. The summed E-state index contributed by atoms with van der Waals surface area (Å²) in [7, 11) is 0. The van der Waals surface area contributed by atoms with Crippen molar-refractivity contribution in [2.45, 2.75) is 25.9 Å². The van der Waals surface area contributed by atoms with Crippen LogP contribution in [0, 0.1) is 0 Å². The van der Waals surface area contributed by atoms with Gasteiger partial charge in [0.15, 0.2) is 0 Å². The molecule has 1 aromatic carbocycles. The van der Waals surface area contributed by atoms with Crippen molar-refractivity contribution in [3.63, 3.8) is 0 Å². The third-order valence-electron chi connectivity index (χ3n) is 2.70. The van der Waals surface area contributed by atoms with E-state index in [-0.39, 0.29) is 6.04 Å². The molecule has 16 heavy (non-hydrogen) atoms. The second kappa shape index (κ2) is 4.94. The molecule has 2 aromatic rings. The van der Waals surface area contributed by atoms with Crippen LogP contribution in [0.5, 0.6) is 0 Å². The van der Waals surface area contributed by atoms with Crippen molar-refractivity contribution < 1.29 is 0 Å². The molecule has 0 saturated heterocycles. The minimum absolute atomic E-state index is 0.0401. The Bertz CT molecular complexity index is 431. The highest BCUT2D eigenvalue weighted by atomic mass is 15.1. The van der Waals surface area contributed by atoms with Crippen LogP contribution in [-0.4, -0.2) is 9.55 Å². The number of aryl methyl sites for hydroxylation is 2. The van der Waals surface area contributed by atoms with Crippen LogP contribution in [0.2, 0.25) is 0 Å². The van der Waals surface area contributed by atoms with E-state index in [1.807, 2.05) is 25.5 Å². The predicted molar refractivity (Wildman–Crippen MR) is 65.0 cm³/mol. The number of hydrogen-bond acceptors (Lipinski definition) is 2. The van der Waals surface area contributed by atoms with E-state index in [1.165, 1.54) is 5.56 Å². The molecular weight excluding hydrogens is 198 g/mol. The molecule has 1 heterocycles. The Morgan fingerprint density at radius 3 is 2.75 bits per heavy atom. The molecule has 0 unspecified atom stereocenters. The first-order valence-corrected chi connectivity index (χ1v) is 5.57. The van der Waals surface area contributed by atoms with Gasteiger partial charge in [-0.05, 0) is 18.9 Å². The average Bonchev–Trinajstić information content (AvgIpc) is 2.76. The van der Waals surface area contributed by atoms with E-state index in [9.17, 15) is 0 Å². The molecule has 0 spiro atoms. The van der Waals surface area contributed by atoms with E-state index in [0.29, 0.717) is 0 Å². The topological polar surface area (TPSA) is 43.8 Å². The summed E-state index contributed by atoms with van der Waals surface area (Å²) in [6.45, 7) is 2.91. The molecule has 84 valence electrons. The van der Waals surface area contributed by atoms with Gasteiger partial charge in [-0.2, -0.15) is 0 Å². The zero-order valence-electron chi connectivity index (χ0n) is 9.50. The van der Waals surface area contributed by atoms with Gasteiger partial charge in [0.05, 0.1) is 12.0 Å². The van der Waals surface area contributed by atoms with E-state index in [4.69, 9.17) is 5.73 Å². The molecule has 0 radical (unpaired) electrons. The summed E-state index contributed by atoms with van der Waals surface area (Å²) < 4.78 is 2.12. The fourth-order valence-corrected chi connectivity index (χ4v) is 1.79. The molecule has 2 N–H and O–H groups in total. The summed E-state index contributed by atoms with van der Waals surface area (Å²) in [6.07, 6.45) is 4.70. The van der Waals surface area contributed by atoms with Crippen LogP contribution in [0.25, 0.3) is 0 Å². The van der Waals surface area contributed by atoms with Gasteiger partial charge in [0.2, 0.25) is 0 Å². The molecular formula is C13H17N3. The van der Waals surface area contributed by atoms with Gasteiger partial charge in [-0.3, -0.25) is 0 Å². The Kier molecular flexibility index (Phi) is 3.37. The minimum atomic E-state index is 0.0401. The standard InChI is InChI=1S/C13H17N3/c1-11(14)13-9-15-10-16(13)8-7-12-5-3-2-4-6-12/h2-6,9-11H,7-8,14H2,1H3/t11-/m1/s1. The van der Waals surface area contributed by atoms with Crippen molar-refractivity contribution in [1.29, 1.82) is 0 Å². The minimum Gasteiger partial charge on any atom is -0.333 e. The van der Waals surface area contributed by atoms with Gasteiger partial charge < -0.3 is 10.3 Å². The molecule has 0 bridgehead atoms. The summed E-state index contributed by atoms with van der Waals surface area (Å²) >= 11 is 0. The fraction of sp³-hybridized carbons (Fsp3) is 0.308. The van der Waals surface area contributed by atoms with Gasteiger partial charge in [0.25, 0.3) is 0 Å². The third-order valence-corrected chi connectivity index (χ3v) is 2.70. The van der Waals surface area contributed by atoms with E-state index in [2.05, 4.69) is 33.8 Å². The van der Waals surface area contributed by atoms with E-state index in [1.54, 1.807) is 0 Å². The second-order valence-electron chi connectivity index (χ2n) is 4.04. The highest BCUT2D eigenvalue weighted by Gasteiger charge is 2.05. The lowest BCUT2D eigenvalue weighted by molar-refractivity contribution is 0.624. The molecule has 1 aromatic heterocycles. The molecule has 1 atom stereocenters. The van der Waals surface area contributed by atoms with Crippen LogP contribution >= 0.6 is 0 Å². The maximum absolute atomic E-state index is 5.87. The van der Waals surface area contributed by atoms with Crippen LogP contribution in [0.3, 0.4) is 0 Å². The van der Waals surface area contributed by atoms with Gasteiger partial charge in [-0.15, -0.1) is 0 Å². The number of benzene rings is 1. The molecule has 0 aliphatic rings. The lowest BCUT2D eigenvalue weighted by Crippen LogP contribution is -2.12. The lowest BCUT2D eigenvalue weighted by Gasteiger charge is -2.10. The average molecular weight is 215 g/mol. The summed E-state index contributed by atoms with van der Waals surface area (Å²) in [5, 5.41) is 0. The van der Waals surface area contributed by atoms with Crippen molar-refractivity contribution in [2.24, 2.45) is 5.73 Å². The van der Waals surface area contributed by atoms with Crippen LogP contribution < -0.4 is 5.73 Å². The molecule has 0 saturated carbocycles. The predicted octanol–water partition coefficient (Wildman–Crippen LogP) is 2.15. The van der Waals surface area contributed by atoms with Gasteiger partial charge in [-0.25, -0.2) is 4.98 Å². The number of nitrogens with zero attached hydrogens (tertiary/aromatic N) is 2. The largest absolute Gasteiger partial charge is 0.333 e. The Morgan fingerprint density at radius 1 is 1.31 bits per heavy atom. The van der Waals surface area contributed by atoms with Crippen molar-refractivity contribution in [3.05, 3.63) is 54.1 Å². The summed E-state index contributed by atoms with van der Waals surface area (Å²) in [5.74, 6) is 0. The number of nitrogens with two attached hydrogens (primary N) is 1. The molecule has 0 amide bonds. The lowest BCUT2D eigenvalue weighted by atomic mass is 10.1. The Morgan fingerprint density at radius 2 is 2.06 bits per heavy atom. The van der Waals surface area contributed by atoms with E-state index >= 15 is 0 Å². The van der Waals surface area contributed by atoms with Crippen molar-refractivity contribution in [1.82, 2.24) is 9.55 Å². The van der Waals surface area contributed by atoms with Crippen molar-refractivity contribution >= 4 is 0 Å². The molecule has 0 aliphatic heterocycles. The fourth-order valence-electron chi connectivity index (χ4n) is 1.79. The zero-order chi connectivity index (χ0) is 11.4. The third kappa shape index (κ3) is 2.49. The van der Waals surface area contributed by atoms with Crippen LogP contribution in [0.4, 0.5) is 0 Å². The van der Waals surface area contributed by atoms with Crippen LogP contribution in [0.15, 0.2) is 42.9 Å². The quantitative estimate of drug-likeness (QED) is 0.849. The van der Waals surface area contributed by atoms with Crippen LogP contribution in [0.1, 0.15) is 24.2 Å². The first-order valence-electron chi connectivity index (χ1n) is 5.57. The molecule has 3 heteroatoms. The molecule has 0 fully saturated rings.